The third-order valence-electron chi connectivity index (χ3n) is 7.23. The molecule has 0 radical (unpaired) electrons. The molecule has 2 heterocycles. The number of para-hydroxylation sites is 2. The molecule has 0 unspecified atom stereocenters. The third-order valence-corrected chi connectivity index (χ3v) is 11.4. The topological polar surface area (TPSA) is 43.6 Å². The lowest BCUT2D eigenvalue weighted by Gasteiger charge is -2.34. The maximum absolute atomic E-state index is 10.0. The summed E-state index contributed by atoms with van der Waals surface area (Å²) in [5, 5.41) is -2.80. The van der Waals surface area contributed by atoms with Gasteiger partial charge in [0.2, 0.25) is 11.2 Å². The highest BCUT2D eigenvalue weighted by Gasteiger charge is 2.41. The van der Waals surface area contributed by atoms with Crippen LogP contribution in [0.3, 0.4) is 0 Å². The molecule has 4 nitrogen and oxygen atoms in total. The van der Waals surface area contributed by atoms with Crippen molar-refractivity contribution >= 4 is 62.2 Å². The molecule has 0 aliphatic rings. The number of rotatable bonds is 6. The molecule has 0 aliphatic carbocycles. The number of hydrogen-bond acceptors (Lipinski definition) is 3. The minimum atomic E-state index is -6.07. The van der Waals surface area contributed by atoms with E-state index in [9.17, 15) is 13.7 Å². The van der Waals surface area contributed by atoms with Crippen molar-refractivity contribution in [3.05, 3.63) is 169 Å². The highest BCUT2D eigenvalue weighted by molar-refractivity contribution is 7.19. The van der Waals surface area contributed by atoms with Gasteiger partial charge in [-0.2, -0.15) is 15.0 Å². The number of aromatic nitrogens is 4. The zero-order valence-electron chi connectivity index (χ0n) is 41.8. The minimum absolute atomic E-state index is 0.153. The predicted octanol–water partition coefficient (Wildman–Crippen LogP) is 6.67. The molecule has 0 saturated heterocycles. The molecule has 6 heteroatoms. The van der Waals surface area contributed by atoms with Crippen molar-refractivity contribution in [2.24, 2.45) is 0 Å². The molecule has 8 aromatic rings. The van der Waals surface area contributed by atoms with Crippen LogP contribution in [0.2, 0.25) is 5.28 Å². The molecule has 45 heavy (non-hydrogen) atoms. The Hall–Kier alpha value is -5.36. The third kappa shape index (κ3) is 4.56. The van der Waals surface area contributed by atoms with Crippen molar-refractivity contribution < 1.29 is 26.0 Å². The Morgan fingerprint density at radius 3 is 1.56 bits per heavy atom. The highest BCUT2D eigenvalue weighted by Crippen LogP contribution is 2.31. The van der Waals surface area contributed by atoms with E-state index in [2.05, 4.69) is 15.0 Å². The molecule has 0 spiro atoms. The van der Waals surface area contributed by atoms with Gasteiger partial charge in [0.1, 0.15) is 0 Å². The van der Waals surface area contributed by atoms with Crippen LogP contribution < -0.4 is 20.7 Å². The van der Waals surface area contributed by atoms with Crippen molar-refractivity contribution in [3.8, 4) is 17.3 Å². The van der Waals surface area contributed by atoms with Crippen LogP contribution in [-0.2, 0) is 0 Å². The quantitative estimate of drug-likeness (QED) is 0.152. The van der Waals surface area contributed by atoms with E-state index >= 15 is 0 Å². The fourth-order valence-electron chi connectivity index (χ4n) is 5.39. The Kier molecular flexibility index (Phi) is 3.44. The Morgan fingerprint density at radius 1 is 0.533 bits per heavy atom. The number of benzene rings is 6. The largest absolute Gasteiger partial charge is 0.278 e. The number of nitrogens with zero attached hydrogens (tertiary/aromatic N) is 4. The lowest BCUT2D eigenvalue weighted by atomic mass is 10.2. The summed E-state index contributed by atoms with van der Waals surface area (Å²) in [4.78, 5) is 13.2. The zero-order chi connectivity index (χ0) is 46.8. The minimum Gasteiger partial charge on any atom is -0.278 e. The molecule has 0 atom stereocenters. The molecular weight excluding hydrogens is 588 g/mol. The summed E-state index contributed by atoms with van der Waals surface area (Å²) in [7, 11) is -6.07. The summed E-state index contributed by atoms with van der Waals surface area (Å²) in [6, 6.07) is -5.74. The van der Waals surface area contributed by atoms with Crippen LogP contribution in [0, 0.1) is 0 Å². The van der Waals surface area contributed by atoms with Gasteiger partial charge in [-0.3, -0.25) is 4.57 Å². The Labute approximate surface area is 294 Å². The summed E-state index contributed by atoms with van der Waals surface area (Å²) in [5.74, 6) is -0.729. The first-order chi connectivity index (χ1) is 30.1. The summed E-state index contributed by atoms with van der Waals surface area (Å²) in [5.41, 5.74) is 0.478. The van der Waals surface area contributed by atoms with Gasteiger partial charge in [0.15, 0.2) is 13.9 Å². The van der Waals surface area contributed by atoms with E-state index in [0.29, 0.717) is 11.0 Å². The Morgan fingerprint density at radius 2 is 1.02 bits per heavy atom. The first-order valence-electron chi connectivity index (χ1n) is 22.9. The van der Waals surface area contributed by atoms with Gasteiger partial charge in [-0.25, -0.2) is 0 Å². The average Bonchev–Trinajstić information content (AvgIpc) is 3.61. The van der Waals surface area contributed by atoms with E-state index in [-0.39, 0.29) is 5.95 Å². The summed E-state index contributed by atoms with van der Waals surface area (Å²) >= 11 is 6.59. The van der Waals surface area contributed by atoms with Gasteiger partial charge >= 0.3 is 0 Å². The number of hydrogen-bond donors (Lipinski definition) is 0. The second kappa shape index (κ2) is 11.3. The van der Waals surface area contributed by atoms with E-state index in [4.69, 9.17) is 23.9 Å². The van der Waals surface area contributed by atoms with Crippen LogP contribution in [0.4, 0.5) is 0 Å². The van der Waals surface area contributed by atoms with E-state index < -0.39 is 160 Å². The summed E-state index contributed by atoms with van der Waals surface area (Å²) in [6.07, 6.45) is 0. The lowest BCUT2D eigenvalue weighted by molar-refractivity contribution is 0.947. The molecule has 0 amide bonds. The van der Waals surface area contributed by atoms with Crippen molar-refractivity contribution in [3.63, 3.8) is 0 Å². The molecule has 6 aromatic carbocycles. The number of fused-ring (bicyclic) bond motifs is 3. The van der Waals surface area contributed by atoms with E-state index in [1.807, 2.05) is 24.3 Å². The average molecular weight is 634 g/mol. The SMILES string of the molecule is [2H]c1c([2H])c([2H])c([Si](c2c([2H])c([2H])c([2H])c([2H])c2[2H])(c2c([2H])c([2H])c([2H])c([2H])c2[2H])c2c([2H])c([2H])c([2H])c(-c3nc(Cl)nc(-n4c5ccccc5c5ccccc54)n3)c2[2H])c([2H])c1[2H]. The van der Waals surface area contributed by atoms with Gasteiger partial charge in [0.05, 0.1) is 37.1 Å². The number of halogens is 1. The Bertz CT molecular complexity index is 3070. The van der Waals surface area contributed by atoms with Gasteiger partial charge in [0.25, 0.3) is 0 Å². The van der Waals surface area contributed by atoms with Gasteiger partial charge in [-0.05, 0) is 44.5 Å². The van der Waals surface area contributed by atoms with Crippen LogP contribution in [0.15, 0.2) is 163 Å². The standard InChI is InChI=1S/C39H27ClN4Si/c40-38-41-37(42-39(43-38)44-35-25-12-10-23-33(35)34-24-11-13-26-36(34)44)28-15-14-22-32(27-28)45(29-16-4-1-5-17-29,30-18-6-2-7-19-30)31-20-8-3-9-21-31/h1-27H/i1D,2D,3D,4D,5D,6D,7D,8D,9D,14D,15D,16D,17D,18D,19D,20D,21D,22D,27D. The van der Waals surface area contributed by atoms with Crippen molar-refractivity contribution in [2.45, 2.75) is 0 Å². The van der Waals surface area contributed by atoms with Crippen molar-refractivity contribution in [1.82, 2.24) is 19.5 Å². The van der Waals surface area contributed by atoms with Crippen LogP contribution in [0.25, 0.3) is 39.1 Å². The fourth-order valence-corrected chi connectivity index (χ4v) is 9.11. The lowest BCUT2D eigenvalue weighted by Crippen LogP contribution is -2.74. The molecule has 8 rings (SSSR count). The molecule has 0 aliphatic heterocycles. The smallest absolute Gasteiger partial charge is 0.239 e. The highest BCUT2D eigenvalue weighted by atomic mass is 35.5. The molecule has 0 fully saturated rings. The summed E-state index contributed by atoms with van der Waals surface area (Å²) in [6.45, 7) is 0. The summed E-state index contributed by atoms with van der Waals surface area (Å²) < 4.78 is 174. The maximum Gasteiger partial charge on any atom is 0.239 e. The zero-order valence-corrected chi connectivity index (χ0v) is 24.5. The second-order valence-electron chi connectivity index (χ2n) is 9.60. The normalized spacial score (nSPS) is 17.6. The van der Waals surface area contributed by atoms with Gasteiger partial charge in [-0.1, -0.05) is 151 Å². The van der Waals surface area contributed by atoms with Crippen molar-refractivity contribution in [2.75, 3.05) is 0 Å². The monoisotopic (exact) mass is 633 g/mol. The molecule has 0 saturated carbocycles. The Balaban J connectivity index is 1.67. The van der Waals surface area contributed by atoms with Crippen LogP contribution in [-0.4, -0.2) is 27.6 Å². The molecule has 0 bridgehead atoms. The fraction of sp³-hybridized carbons (Fsp3) is 0. The van der Waals surface area contributed by atoms with Crippen LogP contribution in [0.1, 0.15) is 26.0 Å². The molecule has 214 valence electrons. The maximum atomic E-state index is 10.0. The first kappa shape index (κ1) is 13.7. The predicted molar refractivity (Wildman–Crippen MR) is 188 cm³/mol. The van der Waals surface area contributed by atoms with Gasteiger partial charge in [-0.15, -0.1) is 0 Å². The van der Waals surface area contributed by atoms with Crippen LogP contribution >= 0.6 is 11.6 Å². The van der Waals surface area contributed by atoms with Gasteiger partial charge in [0, 0.05) is 16.3 Å². The molecular formula is C39H27ClN4Si. The van der Waals surface area contributed by atoms with Crippen LogP contribution in [0.5, 0.6) is 0 Å². The van der Waals surface area contributed by atoms with E-state index in [1.165, 1.54) is 0 Å². The van der Waals surface area contributed by atoms with Gasteiger partial charge < -0.3 is 0 Å². The first-order valence-corrected chi connectivity index (χ1v) is 15.7. The molecule has 0 N–H and O–H groups in total. The molecule has 2 aromatic heterocycles. The van der Waals surface area contributed by atoms with Crippen molar-refractivity contribution in [1.29, 1.82) is 0 Å². The second-order valence-corrected chi connectivity index (χ2v) is 13.4. The van der Waals surface area contributed by atoms with E-state index in [1.54, 1.807) is 28.8 Å². The van der Waals surface area contributed by atoms with E-state index in [0.717, 1.165) is 10.8 Å².